The molecule has 0 spiro atoms. The normalized spacial score (nSPS) is 15.6. The van der Waals surface area contributed by atoms with Crippen LogP contribution in [0.15, 0.2) is 52.1 Å². The summed E-state index contributed by atoms with van der Waals surface area (Å²) in [6.45, 7) is 3.99. The van der Waals surface area contributed by atoms with E-state index < -0.39 is 0 Å². The number of hydrogen-bond donors (Lipinski definition) is 1. The van der Waals surface area contributed by atoms with Gasteiger partial charge < -0.3 is 14.1 Å². The number of benzene rings is 1. The maximum absolute atomic E-state index is 12.6. The topological polar surface area (TPSA) is 72.4 Å². The Morgan fingerprint density at radius 2 is 2.04 bits per heavy atom. The second-order valence-electron chi connectivity index (χ2n) is 7.19. The number of nitrogens with zero attached hydrogens (tertiary/aromatic N) is 3. The van der Waals surface area contributed by atoms with Gasteiger partial charge in [-0.05, 0) is 56.5 Å². The van der Waals surface area contributed by atoms with E-state index in [1.165, 1.54) is 5.56 Å². The van der Waals surface area contributed by atoms with E-state index in [2.05, 4.69) is 21.4 Å². The number of piperidine rings is 1. The summed E-state index contributed by atoms with van der Waals surface area (Å²) < 4.78 is 7.54. The monoisotopic (exact) mass is 360 g/mol. The molecule has 0 unspecified atom stereocenters. The molecule has 4 aromatic rings. The predicted octanol–water partition coefficient (Wildman–Crippen LogP) is 3.28. The van der Waals surface area contributed by atoms with E-state index in [1.54, 1.807) is 6.20 Å². The molecule has 136 valence electrons. The smallest absolute Gasteiger partial charge is 0.345 e. The second-order valence-corrected chi connectivity index (χ2v) is 7.19. The fraction of sp³-hybridized carbons (Fsp3) is 0.286. The first-order chi connectivity index (χ1) is 13.2. The molecule has 6 nitrogen and oxygen atoms in total. The molecule has 3 aromatic heterocycles. The first-order valence-corrected chi connectivity index (χ1v) is 9.28. The van der Waals surface area contributed by atoms with Crippen molar-refractivity contribution in [3.8, 4) is 11.3 Å². The highest BCUT2D eigenvalue weighted by molar-refractivity contribution is 5.82. The van der Waals surface area contributed by atoms with E-state index in [0.717, 1.165) is 37.0 Å². The number of fused-ring (bicyclic) bond motifs is 2. The maximum Gasteiger partial charge on any atom is 0.345 e. The minimum absolute atomic E-state index is 0.363. The van der Waals surface area contributed by atoms with E-state index in [9.17, 15) is 4.79 Å². The van der Waals surface area contributed by atoms with Crippen molar-refractivity contribution in [1.82, 2.24) is 19.7 Å². The van der Waals surface area contributed by atoms with E-state index in [0.29, 0.717) is 28.4 Å². The van der Waals surface area contributed by atoms with Crippen LogP contribution in [-0.4, -0.2) is 27.5 Å². The van der Waals surface area contributed by atoms with Gasteiger partial charge in [0.2, 0.25) is 0 Å². The quantitative estimate of drug-likeness (QED) is 0.556. The molecule has 1 N–H and O–H groups in total. The summed E-state index contributed by atoms with van der Waals surface area (Å²) in [5, 5.41) is 4.29. The van der Waals surface area contributed by atoms with Gasteiger partial charge in [0.15, 0.2) is 5.65 Å². The van der Waals surface area contributed by atoms with Crippen molar-refractivity contribution in [3.63, 3.8) is 0 Å². The first kappa shape index (κ1) is 16.2. The van der Waals surface area contributed by atoms with Crippen LogP contribution in [0.4, 0.5) is 0 Å². The average Bonchev–Trinajstić information content (AvgIpc) is 3.10. The lowest BCUT2D eigenvalue weighted by Gasteiger charge is -2.23. The minimum Gasteiger partial charge on any atom is -0.422 e. The van der Waals surface area contributed by atoms with E-state index in [-0.39, 0.29) is 5.63 Å². The van der Waals surface area contributed by atoms with E-state index in [1.807, 2.05) is 41.9 Å². The average molecular weight is 360 g/mol. The van der Waals surface area contributed by atoms with Gasteiger partial charge in [0.25, 0.3) is 0 Å². The predicted molar refractivity (Wildman–Crippen MR) is 104 cm³/mol. The van der Waals surface area contributed by atoms with Crippen molar-refractivity contribution in [1.29, 1.82) is 0 Å². The molecule has 1 aliphatic rings. The third kappa shape index (κ3) is 2.92. The third-order valence-electron chi connectivity index (χ3n) is 5.32. The Bertz CT molecular complexity index is 1200. The van der Waals surface area contributed by atoms with Gasteiger partial charge in [-0.15, -0.1) is 0 Å². The summed E-state index contributed by atoms with van der Waals surface area (Å²) in [6.07, 6.45) is 7.66. The molecule has 5 rings (SSSR count). The van der Waals surface area contributed by atoms with Crippen molar-refractivity contribution in [2.75, 3.05) is 13.1 Å². The Hall–Kier alpha value is -2.99. The molecular weight excluding hydrogens is 340 g/mol. The van der Waals surface area contributed by atoms with Crippen molar-refractivity contribution in [2.45, 2.75) is 25.7 Å². The SMILES string of the molecule is Cc1cn2cc(-c3cc4ccc(C5CCNCC5)cc4oc3=O)nc2cn1. The summed E-state index contributed by atoms with van der Waals surface area (Å²) >= 11 is 0. The van der Waals surface area contributed by atoms with Gasteiger partial charge in [-0.2, -0.15) is 0 Å². The Kier molecular flexibility index (Phi) is 3.79. The highest BCUT2D eigenvalue weighted by atomic mass is 16.4. The zero-order valence-electron chi connectivity index (χ0n) is 15.1. The number of aromatic nitrogens is 3. The number of nitrogens with one attached hydrogen (secondary N) is 1. The van der Waals surface area contributed by atoms with Crippen molar-refractivity contribution >= 4 is 16.6 Å². The van der Waals surface area contributed by atoms with Gasteiger partial charge in [-0.3, -0.25) is 4.98 Å². The zero-order chi connectivity index (χ0) is 18.4. The number of rotatable bonds is 2. The Morgan fingerprint density at radius 1 is 1.19 bits per heavy atom. The van der Waals surface area contributed by atoms with E-state index in [4.69, 9.17) is 4.42 Å². The molecule has 0 bridgehead atoms. The fourth-order valence-corrected chi connectivity index (χ4v) is 3.85. The Morgan fingerprint density at radius 3 is 2.89 bits per heavy atom. The van der Waals surface area contributed by atoms with Crippen LogP contribution in [0.5, 0.6) is 0 Å². The van der Waals surface area contributed by atoms with Crippen LogP contribution >= 0.6 is 0 Å². The van der Waals surface area contributed by atoms with Crippen LogP contribution in [0, 0.1) is 6.92 Å². The minimum atomic E-state index is -0.363. The van der Waals surface area contributed by atoms with Gasteiger partial charge in [0.1, 0.15) is 5.58 Å². The summed E-state index contributed by atoms with van der Waals surface area (Å²) in [4.78, 5) is 21.4. The third-order valence-corrected chi connectivity index (χ3v) is 5.32. The number of hydrogen-bond acceptors (Lipinski definition) is 5. The molecule has 0 amide bonds. The number of imidazole rings is 1. The molecule has 0 saturated carbocycles. The summed E-state index contributed by atoms with van der Waals surface area (Å²) in [6, 6.07) is 8.09. The van der Waals surface area contributed by atoms with Gasteiger partial charge in [0, 0.05) is 17.8 Å². The highest BCUT2D eigenvalue weighted by Crippen LogP contribution is 2.29. The van der Waals surface area contributed by atoms with E-state index >= 15 is 0 Å². The van der Waals surface area contributed by atoms with Crippen LogP contribution in [0.25, 0.3) is 27.9 Å². The molecule has 27 heavy (non-hydrogen) atoms. The molecule has 6 heteroatoms. The lowest BCUT2D eigenvalue weighted by molar-refractivity contribution is 0.460. The second kappa shape index (κ2) is 6.32. The largest absolute Gasteiger partial charge is 0.422 e. The molecular formula is C21H20N4O2. The molecule has 1 aliphatic heterocycles. The maximum atomic E-state index is 12.6. The first-order valence-electron chi connectivity index (χ1n) is 9.28. The van der Waals surface area contributed by atoms with Crippen LogP contribution in [-0.2, 0) is 0 Å². The molecule has 0 radical (unpaired) electrons. The van der Waals surface area contributed by atoms with Gasteiger partial charge in [0.05, 0.1) is 23.1 Å². The standard InChI is InChI=1S/C21H20N4O2/c1-13-11-25-12-18(24-20(25)10-23-13)17-8-16-3-2-15(9-19(16)27-21(17)26)14-4-6-22-7-5-14/h2-3,8-12,14,22H,4-7H2,1H3. The summed E-state index contributed by atoms with van der Waals surface area (Å²) in [7, 11) is 0. The van der Waals surface area contributed by atoms with Crippen molar-refractivity contribution < 1.29 is 4.42 Å². The number of aryl methyl sites for hydroxylation is 1. The van der Waals surface area contributed by atoms with Gasteiger partial charge >= 0.3 is 5.63 Å². The van der Waals surface area contributed by atoms with Gasteiger partial charge in [-0.1, -0.05) is 12.1 Å². The lowest BCUT2D eigenvalue weighted by atomic mass is 9.90. The molecule has 1 aromatic carbocycles. The lowest BCUT2D eigenvalue weighted by Crippen LogP contribution is -2.26. The van der Waals surface area contributed by atoms with Gasteiger partial charge in [-0.25, -0.2) is 9.78 Å². The summed E-state index contributed by atoms with van der Waals surface area (Å²) in [5.41, 5.74) is 4.19. The molecule has 1 saturated heterocycles. The molecule has 0 atom stereocenters. The Balaban J connectivity index is 1.58. The van der Waals surface area contributed by atoms with Crippen LogP contribution in [0.3, 0.4) is 0 Å². The molecule has 1 fully saturated rings. The van der Waals surface area contributed by atoms with Crippen LogP contribution < -0.4 is 10.9 Å². The highest BCUT2D eigenvalue weighted by Gasteiger charge is 2.17. The zero-order valence-corrected chi connectivity index (χ0v) is 15.1. The van der Waals surface area contributed by atoms with Crippen LogP contribution in [0.1, 0.15) is 30.0 Å². The van der Waals surface area contributed by atoms with Crippen molar-refractivity contribution in [2.24, 2.45) is 0 Å². The summed E-state index contributed by atoms with van der Waals surface area (Å²) in [5.74, 6) is 0.523. The molecule has 0 aliphatic carbocycles. The Labute approximate surface area is 155 Å². The van der Waals surface area contributed by atoms with Crippen molar-refractivity contribution in [3.05, 3.63) is 64.5 Å². The van der Waals surface area contributed by atoms with Crippen LogP contribution in [0.2, 0.25) is 0 Å². The fourth-order valence-electron chi connectivity index (χ4n) is 3.85. The molecule has 4 heterocycles.